The quantitative estimate of drug-likeness (QED) is 0.739. The number of hydrogen-bond acceptors (Lipinski definition) is 3. The van der Waals surface area contributed by atoms with Crippen molar-refractivity contribution < 1.29 is 0 Å². The Morgan fingerprint density at radius 3 is 2.50 bits per heavy atom. The van der Waals surface area contributed by atoms with Crippen molar-refractivity contribution in [2.45, 2.75) is 32.7 Å². The molecular formula is C9H15N3. The van der Waals surface area contributed by atoms with Gasteiger partial charge in [0, 0.05) is 12.4 Å². The fraction of sp³-hybridized carbons (Fsp3) is 0.556. The van der Waals surface area contributed by atoms with Crippen molar-refractivity contribution >= 4 is 0 Å². The van der Waals surface area contributed by atoms with Gasteiger partial charge in [0.2, 0.25) is 0 Å². The number of nitrogens with two attached hydrogens (primary N) is 1. The maximum absolute atomic E-state index is 5.83. The highest BCUT2D eigenvalue weighted by atomic mass is 14.9. The maximum Gasteiger partial charge on any atom is 0.144 e. The molecule has 0 saturated carbocycles. The molecule has 0 aliphatic heterocycles. The van der Waals surface area contributed by atoms with E-state index in [0.29, 0.717) is 0 Å². The predicted molar refractivity (Wildman–Crippen MR) is 48.6 cm³/mol. The molecule has 0 radical (unpaired) electrons. The monoisotopic (exact) mass is 165 g/mol. The Labute approximate surface area is 73.0 Å². The third-order valence-electron chi connectivity index (χ3n) is 1.73. The molecule has 0 aliphatic carbocycles. The van der Waals surface area contributed by atoms with Gasteiger partial charge in [-0.3, -0.25) is 0 Å². The minimum Gasteiger partial charge on any atom is -0.321 e. The van der Waals surface area contributed by atoms with Crippen LogP contribution in [0.5, 0.6) is 0 Å². The van der Waals surface area contributed by atoms with Crippen LogP contribution in [0.2, 0.25) is 0 Å². The summed E-state index contributed by atoms with van der Waals surface area (Å²) >= 11 is 0. The SMILES string of the molecule is CCCC(N)c1ncc(C)cn1. The summed E-state index contributed by atoms with van der Waals surface area (Å²) in [6.07, 6.45) is 5.62. The van der Waals surface area contributed by atoms with Gasteiger partial charge in [0.15, 0.2) is 0 Å². The lowest BCUT2D eigenvalue weighted by molar-refractivity contribution is 0.601. The Kier molecular flexibility index (Phi) is 3.17. The van der Waals surface area contributed by atoms with Crippen LogP contribution < -0.4 is 5.73 Å². The molecule has 3 nitrogen and oxygen atoms in total. The van der Waals surface area contributed by atoms with Gasteiger partial charge in [0.05, 0.1) is 6.04 Å². The van der Waals surface area contributed by atoms with E-state index < -0.39 is 0 Å². The first-order valence-corrected chi connectivity index (χ1v) is 4.28. The van der Waals surface area contributed by atoms with Crippen molar-refractivity contribution in [2.24, 2.45) is 5.73 Å². The smallest absolute Gasteiger partial charge is 0.144 e. The van der Waals surface area contributed by atoms with Gasteiger partial charge in [-0.1, -0.05) is 13.3 Å². The van der Waals surface area contributed by atoms with Crippen LogP contribution in [0, 0.1) is 6.92 Å². The van der Waals surface area contributed by atoms with Gasteiger partial charge in [0.1, 0.15) is 5.82 Å². The fourth-order valence-electron chi connectivity index (χ4n) is 1.03. The van der Waals surface area contributed by atoms with Crippen LogP contribution in [0.25, 0.3) is 0 Å². The van der Waals surface area contributed by atoms with E-state index in [2.05, 4.69) is 16.9 Å². The first-order valence-electron chi connectivity index (χ1n) is 4.28. The van der Waals surface area contributed by atoms with E-state index in [1.54, 1.807) is 12.4 Å². The summed E-state index contributed by atoms with van der Waals surface area (Å²) in [5.41, 5.74) is 6.90. The standard InChI is InChI=1S/C9H15N3/c1-3-4-8(10)9-11-5-7(2)6-12-9/h5-6,8H,3-4,10H2,1-2H3. The van der Waals surface area contributed by atoms with E-state index in [1.165, 1.54) is 0 Å². The van der Waals surface area contributed by atoms with E-state index in [0.717, 1.165) is 24.2 Å². The minimum absolute atomic E-state index is 0.00407. The first kappa shape index (κ1) is 9.13. The highest BCUT2D eigenvalue weighted by Crippen LogP contribution is 2.09. The Hall–Kier alpha value is -0.960. The summed E-state index contributed by atoms with van der Waals surface area (Å²) in [7, 11) is 0. The van der Waals surface area contributed by atoms with Crippen LogP contribution in [0.4, 0.5) is 0 Å². The Morgan fingerprint density at radius 2 is 2.00 bits per heavy atom. The fourth-order valence-corrected chi connectivity index (χ4v) is 1.03. The second-order valence-electron chi connectivity index (χ2n) is 3.01. The summed E-state index contributed by atoms with van der Waals surface area (Å²) in [5, 5.41) is 0. The summed E-state index contributed by atoms with van der Waals surface area (Å²) < 4.78 is 0. The van der Waals surface area contributed by atoms with Crippen LogP contribution in [0.15, 0.2) is 12.4 Å². The second-order valence-corrected chi connectivity index (χ2v) is 3.01. The molecule has 0 amide bonds. The van der Waals surface area contributed by atoms with Crippen LogP contribution >= 0.6 is 0 Å². The number of nitrogens with zero attached hydrogens (tertiary/aromatic N) is 2. The van der Waals surface area contributed by atoms with Gasteiger partial charge in [-0.15, -0.1) is 0 Å². The van der Waals surface area contributed by atoms with E-state index >= 15 is 0 Å². The molecule has 1 aromatic rings. The maximum atomic E-state index is 5.83. The summed E-state index contributed by atoms with van der Waals surface area (Å²) in [5.74, 6) is 0.752. The first-order chi connectivity index (χ1) is 5.74. The average molecular weight is 165 g/mol. The Bertz CT molecular complexity index is 230. The molecule has 3 heteroatoms. The molecule has 0 spiro atoms. The van der Waals surface area contributed by atoms with Crippen LogP contribution in [0.3, 0.4) is 0 Å². The number of hydrogen-bond donors (Lipinski definition) is 1. The van der Waals surface area contributed by atoms with E-state index in [-0.39, 0.29) is 6.04 Å². The largest absolute Gasteiger partial charge is 0.321 e. The molecule has 1 rings (SSSR count). The predicted octanol–water partition coefficient (Wildman–Crippen LogP) is 1.58. The van der Waals surface area contributed by atoms with Crippen LogP contribution in [-0.4, -0.2) is 9.97 Å². The van der Waals surface area contributed by atoms with Crippen molar-refractivity contribution in [3.8, 4) is 0 Å². The summed E-state index contributed by atoms with van der Waals surface area (Å²) in [6, 6.07) is -0.00407. The number of aryl methyl sites for hydroxylation is 1. The molecule has 0 bridgehead atoms. The van der Waals surface area contributed by atoms with Crippen molar-refractivity contribution in [3.05, 3.63) is 23.8 Å². The van der Waals surface area contributed by atoms with Gasteiger partial charge < -0.3 is 5.73 Å². The van der Waals surface area contributed by atoms with E-state index in [1.807, 2.05) is 6.92 Å². The zero-order valence-corrected chi connectivity index (χ0v) is 7.62. The van der Waals surface area contributed by atoms with E-state index in [4.69, 9.17) is 5.73 Å². The van der Waals surface area contributed by atoms with Gasteiger partial charge >= 0.3 is 0 Å². The van der Waals surface area contributed by atoms with Gasteiger partial charge in [-0.25, -0.2) is 9.97 Å². The highest BCUT2D eigenvalue weighted by molar-refractivity contribution is 5.03. The number of rotatable bonds is 3. The minimum atomic E-state index is -0.00407. The molecule has 0 aromatic carbocycles. The zero-order chi connectivity index (χ0) is 8.97. The molecule has 2 N–H and O–H groups in total. The van der Waals surface area contributed by atoms with Crippen LogP contribution in [0.1, 0.15) is 37.2 Å². The lowest BCUT2D eigenvalue weighted by Crippen LogP contribution is -2.13. The van der Waals surface area contributed by atoms with Gasteiger partial charge in [-0.2, -0.15) is 0 Å². The summed E-state index contributed by atoms with van der Waals surface area (Å²) in [6.45, 7) is 4.07. The third-order valence-corrected chi connectivity index (χ3v) is 1.73. The molecule has 66 valence electrons. The molecule has 1 aromatic heterocycles. The molecule has 0 fully saturated rings. The molecule has 12 heavy (non-hydrogen) atoms. The Morgan fingerprint density at radius 1 is 1.42 bits per heavy atom. The molecule has 0 saturated heterocycles. The van der Waals surface area contributed by atoms with Gasteiger partial charge in [-0.05, 0) is 18.9 Å². The van der Waals surface area contributed by atoms with E-state index in [9.17, 15) is 0 Å². The lowest BCUT2D eigenvalue weighted by Gasteiger charge is -2.07. The molecule has 0 aliphatic rings. The lowest BCUT2D eigenvalue weighted by atomic mass is 10.2. The van der Waals surface area contributed by atoms with Gasteiger partial charge in [0.25, 0.3) is 0 Å². The third kappa shape index (κ3) is 2.27. The number of aromatic nitrogens is 2. The molecule has 1 atom stereocenters. The van der Waals surface area contributed by atoms with Crippen molar-refractivity contribution in [1.29, 1.82) is 0 Å². The second kappa shape index (κ2) is 4.16. The topological polar surface area (TPSA) is 51.8 Å². The summed E-state index contributed by atoms with van der Waals surface area (Å²) in [4.78, 5) is 8.32. The van der Waals surface area contributed by atoms with Crippen molar-refractivity contribution in [2.75, 3.05) is 0 Å². The average Bonchev–Trinajstić information content (AvgIpc) is 2.06. The Balaban J connectivity index is 2.68. The van der Waals surface area contributed by atoms with Crippen molar-refractivity contribution in [1.82, 2.24) is 9.97 Å². The molecule has 1 heterocycles. The zero-order valence-electron chi connectivity index (χ0n) is 7.62. The highest BCUT2D eigenvalue weighted by Gasteiger charge is 2.06. The molecule has 1 unspecified atom stereocenters. The van der Waals surface area contributed by atoms with Crippen LogP contribution in [-0.2, 0) is 0 Å². The normalized spacial score (nSPS) is 12.9. The van der Waals surface area contributed by atoms with Crippen molar-refractivity contribution in [3.63, 3.8) is 0 Å². The molecular weight excluding hydrogens is 150 g/mol.